The van der Waals surface area contributed by atoms with Gasteiger partial charge in [-0.3, -0.25) is 4.79 Å². The van der Waals surface area contributed by atoms with Gasteiger partial charge in [-0.1, -0.05) is 11.6 Å². The van der Waals surface area contributed by atoms with Crippen molar-refractivity contribution in [2.75, 3.05) is 17.2 Å². The third-order valence-electron chi connectivity index (χ3n) is 5.23. The van der Waals surface area contributed by atoms with Gasteiger partial charge >= 0.3 is 6.03 Å². The Morgan fingerprint density at radius 3 is 2.56 bits per heavy atom. The fourth-order valence-electron chi connectivity index (χ4n) is 3.61. The summed E-state index contributed by atoms with van der Waals surface area (Å²) in [7, 11) is 0. The molecule has 1 aromatic heterocycles. The molecule has 166 valence electrons. The lowest BCUT2D eigenvalue weighted by Crippen LogP contribution is -2.45. The van der Waals surface area contributed by atoms with Crippen molar-refractivity contribution in [2.24, 2.45) is 0 Å². The van der Waals surface area contributed by atoms with Crippen LogP contribution in [0.1, 0.15) is 12.1 Å². The first kappa shape index (κ1) is 21.8. The standard InChI is InChI=1S/C22H21ClFN5O3/c1-13-8-9-25-29(13)16-6-7-19(18(24)10-16)27-21(31)20-11-17(30)12-28(20)22(32)26-15-4-2-14(23)3-5-15/h2-10,17,20,30H,11-12H2,1H3,(H,26,32)(H,27,31)/t17-,20-/m1/s1. The lowest BCUT2D eigenvalue weighted by Gasteiger charge is -2.24. The topological polar surface area (TPSA) is 99.5 Å². The van der Waals surface area contributed by atoms with Crippen LogP contribution < -0.4 is 10.6 Å². The largest absolute Gasteiger partial charge is 0.391 e. The molecule has 8 nitrogen and oxygen atoms in total. The second kappa shape index (κ2) is 8.97. The van der Waals surface area contributed by atoms with E-state index in [2.05, 4.69) is 15.7 Å². The number of aliphatic hydroxyl groups excluding tert-OH is 1. The van der Waals surface area contributed by atoms with Crippen LogP contribution in [0.15, 0.2) is 54.7 Å². The van der Waals surface area contributed by atoms with Gasteiger partial charge in [0, 0.05) is 41.6 Å². The van der Waals surface area contributed by atoms with Crippen molar-refractivity contribution in [1.29, 1.82) is 0 Å². The second-order valence-corrected chi connectivity index (χ2v) is 7.97. The van der Waals surface area contributed by atoms with Crippen LogP contribution >= 0.6 is 11.6 Å². The predicted molar refractivity (Wildman–Crippen MR) is 118 cm³/mol. The van der Waals surface area contributed by atoms with Crippen molar-refractivity contribution < 1.29 is 19.1 Å². The van der Waals surface area contributed by atoms with Gasteiger partial charge in [0.1, 0.15) is 11.9 Å². The summed E-state index contributed by atoms with van der Waals surface area (Å²) in [5, 5.41) is 19.9. The molecule has 2 aromatic carbocycles. The Morgan fingerprint density at radius 1 is 1.16 bits per heavy atom. The summed E-state index contributed by atoms with van der Waals surface area (Å²) in [6.45, 7) is 1.83. The number of carbonyl (C=O) groups is 2. The summed E-state index contributed by atoms with van der Waals surface area (Å²) in [4.78, 5) is 26.8. The number of benzene rings is 2. The van der Waals surface area contributed by atoms with E-state index in [-0.39, 0.29) is 18.7 Å². The molecule has 1 aliphatic rings. The number of anilines is 2. The van der Waals surface area contributed by atoms with Crippen LogP contribution in [-0.4, -0.2) is 50.4 Å². The Hall–Kier alpha value is -3.43. The van der Waals surface area contributed by atoms with Crippen LogP contribution in [0, 0.1) is 12.7 Å². The van der Waals surface area contributed by atoms with Crippen LogP contribution in [0.3, 0.4) is 0 Å². The number of nitrogens with zero attached hydrogens (tertiary/aromatic N) is 3. The zero-order valence-electron chi connectivity index (χ0n) is 17.1. The van der Waals surface area contributed by atoms with Gasteiger partial charge in [0.05, 0.1) is 17.5 Å². The SMILES string of the molecule is Cc1ccnn1-c1ccc(NC(=O)[C@H]2C[C@@H](O)CN2C(=O)Nc2ccc(Cl)cc2)c(F)c1. The van der Waals surface area contributed by atoms with E-state index < -0.39 is 29.9 Å². The molecule has 10 heteroatoms. The average molecular weight is 458 g/mol. The molecule has 32 heavy (non-hydrogen) atoms. The minimum absolute atomic E-state index is 0.0164. The Balaban J connectivity index is 1.47. The number of aromatic nitrogens is 2. The van der Waals surface area contributed by atoms with Crippen molar-refractivity contribution >= 4 is 34.9 Å². The normalized spacial score (nSPS) is 17.9. The number of hydrogen-bond donors (Lipinski definition) is 3. The van der Waals surface area contributed by atoms with Gasteiger partial charge < -0.3 is 20.6 Å². The molecule has 2 atom stereocenters. The highest BCUT2D eigenvalue weighted by Gasteiger charge is 2.39. The third-order valence-corrected chi connectivity index (χ3v) is 5.48. The molecule has 3 N–H and O–H groups in total. The minimum atomic E-state index is -0.954. The van der Waals surface area contributed by atoms with Crippen LogP contribution in [-0.2, 0) is 4.79 Å². The summed E-state index contributed by atoms with van der Waals surface area (Å²) in [6, 6.07) is 11.1. The van der Waals surface area contributed by atoms with Crippen LogP contribution in [0.2, 0.25) is 5.02 Å². The Kier molecular flexibility index (Phi) is 6.11. The summed E-state index contributed by atoms with van der Waals surface area (Å²) in [6.07, 6.45) is 0.793. The molecule has 0 spiro atoms. The van der Waals surface area contributed by atoms with Gasteiger partial charge in [-0.05, 0) is 49.4 Å². The zero-order chi connectivity index (χ0) is 22.8. The highest BCUT2D eigenvalue weighted by atomic mass is 35.5. The number of rotatable bonds is 4. The fraction of sp³-hybridized carbons (Fsp3) is 0.227. The summed E-state index contributed by atoms with van der Waals surface area (Å²) < 4.78 is 16.2. The predicted octanol–water partition coefficient (Wildman–Crippen LogP) is 3.58. The van der Waals surface area contributed by atoms with E-state index in [4.69, 9.17) is 11.6 Å². The molecule has 0 aliphatic carbocycles. The van der Waals surface area contributed by atoms with Gasteiger partial charge in [-0.15, -0.1) is 0 Å². The van der Waals surface area contributed by atoms with Gasteiger partial charge in [0.15, 0.2) is 0 Å². The van der Waals surface area contributed by atoms with E-state index >= 15 is 0 Å². The molecule has 3 amide bonds. The number of carbonyl (C=O) groups excluding carboxylic acids is 2. The molecule has 3 aromatic rings. The third kappa shape index (κ3) is 4.58. The first-order chi connectivity index (χ1) is 15.3. The quantitative estimate of drug-likeness (QED) is 0.557. The number of aryl methyl sites for hydroxylation is 1. The fourth-order valence-corrected chi connectivity index (χ4v) is 3.73. The number of urea groups is 1. The van der Waals surface area contributed by atoms with E-state index in [9.17, 15) is 19.1 Å². The van der Waals surface area contributed by atoms with Crippen molar-refractivity contribution in [3.8, 4) is 5.69 Å². The number of likely N-dealkylation sites (tertiary alicyclic amines) is 1. The number of amides is 3. The highest BCUT2D eigenvalue weighted by Crippen LogP contribution is 2.24. The van der Waals surface area contributed by atoms with Crippen molar-refractivity contribution in [3.63, 3.8) is 0 Å². The molecular weight excluding hydrogens is 437 g/mol. The first-order valence-electron chi connectivity index (χ1n) is 9.94. The molecule has 1 saturated heterocycles. The van der Waals surface area contributed by atoms with Crippen molar-refractivity contribution in [1.82, 2.24) is 14.7 Å². The average Bonchev–Trinajstić information content (AvgIpc) is 3.37. The van der Waals surface area contributed by atoms with Crippen LogP contribution in [0.4, 0.5) is 20.6 Å². The Bertz CT molecular complexity index is 1150. The van der Waals surface area contributed by atoms with E-state index in [1.807, 2.05) is 6.92 Å². The maximum Gasteiger partial charge on any atom is 0.322 e. The summed E-state index contributed by atoms with van der Waals surface area (Å²) in [5.74, 6) is -1.23. The van der Waals surface area contributed by atoms with E-state index in [0.29, 0.717) is 16.4 Å². The number of nitrogens with one attached hydrogen (secondary N) is 2. The maximum absolute atomic E-state index is 14.7. The summed E-state index contributed by atoms with van der Waals surface area (Å²) in [5.41, 5.74) is 1.82. The lowest BCUT2D eigenvalue weighted by molar-refractivity contribution is -0.119. The van der Waals surface area contributed by atoms with Gasteiger partial charge in [0.2, 0.25) is 5.91 Å². The van der Waals surface area contributed by atoms with Crippen LogP contribution in [0.25, 0.3) is 5.69 Å². The first-order valence-corrected chi connectivity index (χ1v) is 10.3. The van der Waals surface area contributed by atoms with E-state index in [1.54, 1.807) is 47.3 Å². The molecule has 0 bridgehead atoms. The van der Waals surface area contributed by atoms with Gasteiger partial charge in [0.25, 0.3) is 0 Å². The molecule has 1 fully saturated rings. The molecule has 1 aliphatic heterocycles. The molecule has 0 radical (unpaired) electrons. The van der Waals surface area contributed by atoms with E-state index in [0.717, 1.165) is 5.69 Å². The molecule has 4 rings (SSSR count). The summed E-state index contributed by atoms with van der Waals surface area (Å²) >= 11 is 5.85. The maximum atomic E-state index is 14.7. The highest BCUT2D eigenvalue weighted by molar-refractivity contribution is 6.30. The van der Waals surface area contributed by atoms with Gasteiger partial charge in [-0.25, -0.2) is 13.9 Å². The minimum Gasteiger partial charge on any atom is -0.391 e. The zero-order valence-corrected chi connectivity index (χ0v) is 17.9. The molecular formula is C22H21ClFN5O3. The number of hydrogen-bond acceptors (Lipinski definition) is 4. The second-order valence-electron chi connectivity index (χ2n) is 7.53. The van der Waals surface area contributed by atoms with E-state index in [1.165, 1.54) is 17.0 Å². The monoisotopic (exact) mass is 457 g/mol. The Morgan fingerprint density at radius 2 is 1.91 bits per heavy atom. The molecule has 0 unspecified atom stereocenters. The van der Waals surface area contributed by atoms with Crippen molar-refractivity contribution in [2.45, 2.75) is 25.5 Å². The van der Waals surface area contributed by atoms with Crippen LogP contribution in [0.5, 0.6) is 0 Å². The molecule has 2 heterocycles. The smallest absolute Gasteiger partial charge is 0.322 e. The number of β-amino-alcohol motifs (C(OH)–C–C–N with tert-alkyl or cyclic N) is 1. The number of halogens is 2. The molecule has 0 saturated carbocycles. The lowest BCUT2D eigenvalue weighted by atomic mass is 10.1. The number of aliphatic hydroxyl groups is 1. The van der Waals surface area contributed by atoms with Crippen molar-refractivity contribution in [3.05, 3.63) is 71.3 Å². The Labute approximate surface area is 188 Å². The van der Waals surface area contributed by atoms with Gasteiger partial charge in [-0.2, -0.15) is 5.10 Å².